The molecule has 0 spiro atoms. The molecule has 2 heterocycles. The van der Waals surface area contributed by atoms with E-state index in [2.05, 4.69) is 81.9 Å². The van der Waals surface area contributed by atoms with Gasteiger partial charge in [-0.05, 0) is 65.4 Å². The molecular weight excluding hydrogens is 454 g/mol. The van der Waals surface area contributed by atoms with E-state index in [0.29, 0.717) is 6.04 Å². The average molecular weight is 486 g/mol. The van der Waals surface area contributed by atoms with Gasteiger partial charge in [-0.15, -0.1) is 0 Å². The summed E-state index contributed by atoms with van der Waals surface area (Å²) in [6, 6.07) is 35.7. The number of amides is 1. The molecule has 37 heavy (non-hydrogen) atoms. The number of para-hydroxylation sites is 1. The summed E-state index contributed by atoms with van der Waals surface area (Å²) >= 11 is 0. The second-order valence-corrected chi connectivity index (χ2v) is 9.99. The summed E-state index contributed by atoms with van der Waals surface area (Å²) in [7, 11) is 0. The molecule has 6 rings (SSSR count). The first-order chi connectivity index (χ1) is 18.2. The summed E-state index contributed by atoms with van der Waals surface area (Å²) in [5, 5.41) is 7.26. The Balaban J connectivity index is 1.21. The first-order valence-corrected chi connectivity index (χ1v) is 13.1. The van der Waals surface area contributed by atoms with E-state index >= 15 is 0 Å². The number of benzene rings is 4. The fourth-order valence-corrected chi connectivity index (χ4v) is 5.64. The Labute approximate surface area is 218 Å². The molecule has 1 saturated heterocycles. The van der Waals surface area contributed by atoms with Gasteiger partial charge in [0.1, 0.15) is 0 Å². The van der Waals surface area contributed by atoms with Crippen molar-refractivity contribution < 1.29 is 4.79 Å². The van der Waals surface area contributed by atoms with Crippen LogP contribution in [0.25, 0.3) is 21.7 Å². The van der Waals surface area contributed by atoms with Gasteiger partial charge >= 0.3 is 0 Å². The minimum absolute atomic E-state index is 0.130. The van der Waals surface area contributed by atoms with Gasteiger partial charge in [-0.1, -0.05) is 78.9 Å². The minimum atomic E-state index is 0.130. The van der Waals surface area contributed by atoms with Crippen molar-refractivity contribution in [1.29, 1.82) is 0 Å². The number of rotatable bonds is 6. The monoisotopic (exact) mass is 485 g/mol. The van der Waals surface area contributed by atoms with Crippen molar-refractivity contribution in [1.82, 2.24) is 15.2 Å². The molecule has 0 saturated carbocycles. The largest absolute Gasteiger partial charge is 0.335 e. The third-order valence-corrected chi connectivity index (χ3v) is 7.61. The lowest BCUT2D eigenvalue weighted by Gasteiger charge is -2.40. The number of nitrogens with one attached hydrogen (secondary N) is 1. The Morgan fingerprint density at radius 1 is 0.865 bits per heavy atom. The predicted molar refractivity (Wildman–Crippen MR) is 151 cm³/mol. The van der Waals surface area contributed by atoms with E-state index in [9.17, 15) is 4.79 Å². The molecular formula is C33H31N3O. The van der Waals surface area contributed by atoms with Crippen molar-refractivity contribution in [3.63, 3.8) is 0 Å². The van der Waals surface area contributed by atoms with E-state index in [-0.39, 0.29) is 11.9 Å². The van der Waals surface area contributed by atoms with Crippen LogP contribution in [0.5, 0.6) is 0 Å². The van der Waals surface area contributed by atoms with Gasteiger partial charge in [0.05, 0.1) is 5.52 Å². The number of hydrogen-bond donors (Lipinski definition) is 1. The lowest BCUT2D eigenvalue weighted by Crippen LogP contribution is -2.51. The van der Waals surface area contributed by atoms with Gasteiger partial charge < -0.3 is 10.2 Å². The molecule has 0 bridgehead atoms. The molecule has 0 aliphatic carbocycles. The summed E-state index contributed by atoms with van der Waals surface area (Å²) in [5.74, 6) is 0.130. The quantitative estimate of drug-likeness (QED) is 0.303. The highest BCUT2D eigenvalue weighted by atomic mass is 16.2. The molecule has 184 valence electrons. The number of fused-ring (bicyclic) bond motifs is 2. The third-order valence-electron chi connectivity index (χ3n) is 7.61. The van der Waals surface area contributed by atoms with E-state index in [1.807, 2.05) is 42.6 Å². The number of carbonyl (C=O) groups is 1. The highest BCUT2D eigenvalue weighted by molar-refractivity contribution is 5.98. The number of aromatic nitrogens is 1. The topological polar surface area (TPSA) is 45.2 Å². The number of hydrogen-bond acceptors (Lipinski definition) is 3. The van der Waals surface area contributed by atoms with Gasteiger partial charge in [0.2, 0.25) is 0 Å². The molecule has 0 unspecified atom stereocenters. The molecule has 1 N–H and O–H groups in total. The van der Waals surface area contributed by atoms with Crippen molar-refractivity contribution in [2.45, 2.75) is 37.9 Å². The second-order valence-electron chi connectivity index (χ2n) is 9.99. The van der Waals surface area contributed by atoms with E-state index in [1.54, 1.807) is 0 Å². The van der Waals surface area contributed by atoms with Crippen molar-refractivity contribution >= 4 is 27.6 Å². The molecule has 1 fully saturated rings. The Morgan fingerprint density at radius 3 is 2.54 bits per heavy atom. The fourth-order valence-electron chi connectivity index (χ4n) is 5.64. The Hall–Kier alpha value is -4.02. The normalized spacial score (nSPS) is 17.8. The van der Waals surface area contributed by atoms with Gasteiger partial charge in [0, 0.05) is 42.3 Å². The van der Waals surface area contributed by atoms with Crippen molar-refractivity contribution in [2.24, 2.45) is 0 Å². The number of pyridine rings is 1. The predicted octanol–water partition coefficient (Wildman–Crippen LogP) is 6.39. The minimum Gasteiger partial charge on any atom is -0.335 e. The van der Waals surface area contributed by atoms with Crippen LogP contribution < -0.4 is 5.32 Å². The Bertz CT molecular complexity index is 1530. The molecule has 1 aliphatic rings. The molecule has 1 aliphatic heterocycles. The SMILES string of the molecule is O=C(c1ccc2ccccc2c1)N1CC[C@H](NCc2ccnc3ccccc23)C[C@H]1Cc1ccccc1. The van der Waals surface area contributed by atoms with Crippen LogP contribution in [0.4, 0.5) is 0 Å². The first kappa shape index (κ1) is 23.4. The van der Waals surface area contributed by atoms with Crippen LogP contribution in [-0.2, 0) is 13.0 Å². The van der Waals surface area contributed by atoms with Gasteiger partial charge in [0.25, 0.3) is 5.91 Å². The summed E-state index contributed by atoms with van der Waals surface area (Å²) in [6.45, 7) is 1.54. The van der Waals surface area contributed by atoms with Gasteiger partial charge in [-0.2, -0.15) is 0 Å². The maximum absolute atomic E-state index is 13.8. The molecule has 1 aromatic heterocycles. The molecule has 0 radical (unpaired) electrons. The van der Waals surface area contributed by atoms with Crippen LogP contribution >= 0.6 is 0 Å². The lowest BCUT2D eigenvalue weighted by molar-refractivity contribution is 0.0576. The maximum atomic E-state index is 13.8. The standard InChI is InChI=1S/C33H31N3O/c37-33(27-15-14-25-10-4-5-11-26(25)21-27)36-19-17-29(22-30(36)20-24-8-2-1-3-9-24)35-23-28-16-18-34-32-13-7-6-12-31(28)32/h1-16,18,21,29-30,35H,17,19-20,22-23H2/t29-,30+/m0/s1. The van der Waals surface area contributed by atoms with Gasteiger partial charge in [0.15, 0.2) is 0 Å². The molecule has 2 atom stereocenters. The second kappa shape index (κ2) is 10.5. The van der Waals surface area contributed by atoms with E-state index < -0.39 is 0 Å². The highest BCUT2D eigenvalue weighted by Crippen LogP contribution is 2.26. The third kappa shape index (κ3) is 5.11. The average Bonchev–Trinajstić information content (AvgIpc) is 2.96. The zero-order valence-corrected chi connectivity index (χ0v) is 20.9. The van der Waals surface area contributed by atoms with Crippen molar-refractivity contribution in [2.75, 3.05) is 6.54 Å². The van der Waals surface area contributed by atoms with Crippen LogP contribution in [0.15, 0.2) is 109 Å². The molecule has 1 amide bonds. The smallest absolute Gasteiger partial charge is 0.254 e. The summed E-state index contributed by atoms with van der Waals surface area (Å²) in [4.78, 5) is 20.4. The van der Waals surface area contributed by atoms with E-state index in [1.165, 1.54) is 16.5 Å². The number of piperidine rings is 1. The maximum Gasteiger partial charge on any atom is 0.254 e. The summed E-state index contributed by atoms with van der Waals surface area (Å²) < 4.78 is 0. The van der Waals surface area contributed by atoms with Crippen molar-refractivity contribution in [3.05, 3.63) is 126 Å². The van der Waals surface area contributed by atoms with Crippen LogP contribution in [-0.4, -0.2) is 34.4 Å². The van der Waals surface area contributed by atoms with Gasteiger partial charge in [-0.3, -0.25) is 9.78 Å². The van der Waals surface area contributed by atoms with Crippen LogP contribution in [0.3, 0.4) is 0 Å². The zero-order valence-electron chi connectivity index (χ0n) is 20.9. The Morgan fingerprint density at radius 2 is 1.65 bits per heavy atom. The number of carbonyl (C=O) groups excluding carboxylic acids is 1. The van der Waals surface area contributed by atoms with Crippen LogP contribution in [0.2, 0.25) is 0 Å². The van der Waals surface area contributed by atoms with Gasteiger partial charge in [-0.25, -0.2) is 0 Å². The lowest BCUT2D eigenvalue weighted by atomic mass is 9.91. The molecule has 4 aromatic carbocycles. The molecule has 5 aromatic rings. The van der Waals surface area contributed by atoms with Crippen molar-refractivity contribution in [3.8, 4) is 0 Å². The number of nitrogens with zero attached hydrogens (tertiary/aromatic N) is 2. The van der Waals surface area contributed by atoms with E-state index in [4.69, 9.17) is 0 Å². The zero-order chi connectivity index (χ0) is 25.0. The highest BCUT2D eigenvalue weighted by Gasteiger charge is 2.32. The number of likely N-dealkylation sites (tertiary alicyclic amines) is 1. The fraction of sp³-hybridized carbons (Fsp3) is 0.212. The molecule has 4 nitrogen and oxygen atoms in total. The first-order valence-electron chi connectivity index (χ1n) is 13.1. The van der Waals surface area contributed by atoms with E-state index in [0.717, 1.165) is 54.2 Å². The van der Waals surface area contributed by atoms with Crippen LogP contribution in [0, 0.1) is 0 Å². The van der Waals surface area contributed by atoms with Crippen LogP contribution in [0.1, 0.15) is 34.3 Å². The summed E-state index contributed by atoms with van der Waals surface area (Å²) in [5.41, 5.74) is 4.33. The summed E-state index contributed by atoms with van der Waals surface area (Å²) in [6.07, 6.45) is 4.61. The molecule has 4 heteroatoms. The Kier molecular flexibility index (Phi) is 6.66.